The van der Waals surface area contributed by atoms with E-state index in [1.54, 1.807) is 30.3 Å². The van der Waals surface area contributed by atoms with Crippen LogP contribution in [0, 0.1) is 0 Å². The molecule has 126 valence electrons. The number of rotatable bonds is 6. The van der Waals surface area contributed by atoms with Gasteiger partial charge in [-0.1, -0.05) is 30.3 Å². The number of alkyl halides is 3. The number of allylic oxidation sites excluding steroid dienone is 1. The van der Waals surface area contributed by atoms with Crippen LogP contribution in [0.15, 0.2) is 54.3 Å². The number of carbonyl (C=O) groups excluding carboxylic acids is 1. The molecule has 0 saturated carbocycles. The van der Waals surface area contributed by atoms with Gasteiger partial charge in [0, 0.05) is 0 Å². The van der Waals surface area contributed by atoms with Crippen LogP contribution in [0.25, 0.3) is 0 Å². The van der Waals surface area contributed by atoms with Gasteiger partial charge in [0.2, 0.25) is 0 Å². The van der Waals surface area contributed by atoms with Gasteiger partial charge in [-0.15, -0.1) is 0 Å². The molecular formula is C16H17F3O4. The predicted octanol–water partition coefficient (Wildman–Crippen LogP) is 3.70. The minimum Gasteiger partial charge on any atom is -0.508 e. The number of ether oxygens (including phenoxy) is 2. The van der Waals surface area contributed by atoms with Crippen molar-refractivity contribution in [1.29, 1.82) is 0 Å². The third kappa shape index (κ3) is 5.78. The number of methoxy groups -OCH3 is 1. The Hall–Kier alpha value is -2.28. The molecule has 0 aliphatic rings. The van der Waals surface area contributed by atoms with Gasteiger partial charge in [-0.25, -0.2) is 4.79 Å². The molecule has 0 aliphatic heterocycles. The Balaban J connectivity index is 2.90. The van der Waals surface area contributed by atoms with E-state index in [1.807, 2.05) is 0 Å². The number of benzene rings is 1. The summed E-state index contributed by atoms with van der Waals surface area (Å²) in [5.41, 5.74) is -2.05. The van der Waals surface area contributed by atoms with Gasteiger partial charge in [-0.05, 0) is 24.6 Å². The number of esters is 1. The van der Waals surface area contributed by atoms with E-state index in [-0.39, 0.29) is 6.61 Å². The second-order valence-electron chi connectivity index (χ2n) is 4.80. The second kappa shape index (κ2) is 7.82. The highest BCUT2D eigenvalue weighted by atomic mass is 19.4. The molecule has 0 spiro atoms. The van der Waals surface area contributed by atoms with E-state index < -0.39 is 23.5 Å². The Morgan fingerprint density at radius 3 is 2.39 bits per heavy atom. The van der Waals surface area contributed by atoms with Crippen LogP contribution in [-0.4, -0.2) is 30.0 Å². The molecule has 4 nitrogen and oxygen atoms in total. The summed E-state index contributed by atoms with van der Waals surface area (Å²) < 4.78 is 48.9. The average molecular weight is 330 g/mol. The summed E-state index contributed by atoms with van der Waals surface area (Å²) >= 11 is 0. The van der Waals surface area contributed by atoms with Crippen LogP contribution in [-0.2, 0) is 20.9 Å². The standard InChI is InChI=1S/C16H17F3O4/c1-15(16(17,18)19,9-8-13(20)10-14(21)22-2)23-11-12-6-4-3-5-7-12/h3-10,20H,11H2,1-2H3/b9-8+,13-10-/t15-/m1/s1. The molecule has 0 fully saturated rings. The van der Waals surface area contributed by atoms with Crippen molar-refractivity contribution >= 4 is 5.97 Å². The van der Waals surface area contributed by atoms with Gasteiger partial charge >= 0.3 is 12.1 Å². The Morgan fingerprint density at radius 2 is 1.87 bits per heavy atom. The van der Waals surface area contributed by atoms with E-state index in [0.717, 1.165) is 20.1 Å². The number of aliphatic hydroxyl groups excluding tert-OH is 1. The van der Waals surface area contributed by atoms with Crippen LogP contribution in [0.3, 0.4) is 0 Å². The zero-order valence-electron chi connectivity index (χ0n) is 12.6. The Labute approximate surface area is 131 Å². The molecule has 0 amide bonds. The number of hydrogen-bond acceptors (Lipinski definition) is 4. The monoisotopic (exact) mass is 330 g/mol. The summed E-state index contributed by atoms with van der Waals surface area (Å²) in [7, 11) is 1.08. The normalized spacial score (nSPS) is 15.4. The topological polar surface area (TPSA) is 55.8 Å². The zero-order valence-corrected chi connectivity index (χ0v) is 12.6. The number of halogens is 3. The van der Waals surface area contributed by atoms with Crippen molar-refractivity contribution in [1.82, 2.24) is 0 Å². The summed E-state index contributed by atoms with van der Waals surface area (Å²) in [5.74, 6) is -1.55. The van der Waals surface area contributed by atoms with Crippen LogP contribution in [0.4, 0.5) is 13.2 Å². The van der Waals surface area contributed by atoms with E-state index >= 15 is 0 Å². The summed E-state index contributed by atoms with van der Waals surface area (Å²) in [6, 6.07) is 8.38. The molecule has 0 bridgehead atoms. The van der Waals surface area contributed by atoms with Gasteiger partial charge in [0.1, 0.15) is 5.76 Å². The van der Waals surface area contributed by atoms with Crippen molar-refractivity contribution in [3.8, 4) is 0 Å². The molecule has 0 radical (unpaired) electrons. The van der Waals surface area contributed by atoms with Crippen LogP contribution in [0.5, 0.6) is 0 Å². The molecule has 1 aromatic carbocycles. The van der Waals surface area contributed by atoms with Crippen molar-refractivity contribution in [2.45, 2.75) is 25.3 Å². The highest BCUT2D eigenvalue weighted by Crippen LogP contribution is 2.35. The Kier molecular flexibility index (Phi) is 6.38. The Bertz CT molecular complexity index is 579. The van der Waals surface area contributed by atoms with Crippen LogP contribution < -0.4 is 0 Å². The lowest BCUT2D eigenvalue weighted by molar-refractivity contribution is -0.254. The first-order valence-corrected chi connectivity index (χ1v) is 6.60. The van der Waals surface area contributed by atoms with E-state index in [1.165, 1.54) is 0 Å². The third-order valence-corrected chi connectivity index (χ3v) is 2.98. The smallest absolute Gasteiger partial charge is 0.420 e. The van der Waals surface area contributed by atoms with E-state index in [9.17, 15) is 23.1 Å². The van der Waals surface area contributed by atoms with Crippen molar-refractivity contribution < 1.29 is 32.5 Å². The summed E-state index contributed by atoms with van der Waals surface area (Å²) in [4.78, 5) is 10.9. The Morgan fingerprint density at radius 1 is 1.26 bits per heavy atom. The van der Waals surface area contributed by atoms with Crippen LogP contribution in [0.2, 0.25) is 0 Å². The number of carbonyl (C=O) groups is 1. The van der Waals surface area contributed by atoms with Crippen molar-refractivity contribution in [2.24, 2.45) is 0 Å². The lowest BCUT2D eigenvalue weighted by Gasteiger charge is -2.29. The van der Waals surface area contributed by atoms with Gasteiger partial charge in [-0.2, -0.15) is 13.2 Å². The fourth-order valence-electron chi connectivity index (χ4n) is 1.50. The van der Waals surface area contributed by atoms with Gasteiger partial charge < -0.3 is 14.6 Å². The van der Waals surface area contributed by atoms with E-state index in [0.29, 0.717) is 17.7 Å². The molecule has 1 N–H and O–H groups in total. The van der Waals surface area contributed by atoms with Crippen LogP contribution in [0.1, 0.15) is 12.5 Å². The first-order valence-electron chi connectivity index (χ1n) is 6.60. The molecule has 0 saturated heterocycles. The fourth-order valence-corrected chi connectivity index (χ4v) is 1.50. The van der Waals surface area contributed by atoms with Crippen molar-refractivity contribution in [3.05, 3.63) is 59.9 Å². The molecule has 1 atom stereocenters. The quantitative estimate of drug-likeness (QED) is 0.374. The molecule has 1 aromatic rings. The number of aliphatic hydroxyl groups is 1. The molecule has 0 aliphatic carbocycles. The molecule has 1 rings (SSSR count). The molecular weight excluding hydrogens is 313 g/mol. The molecule has 0 aromatic heterocycles. The van der Waals surface area contributed by atoms with Crippen LogP contribution >= 0.6 is 0 Å². The molecule has 0 heterocycles. The summed E-state index contributed by atoms with van der Waals surface area (Å²) in [6.45, 7) is 0.570. The summed E-state index contributed by atoms with van der Waals surface area (Å²) in [5, 5.41) is 9.42. The second-order valence-corrected chi connectivity index (χ2v) is 4.80. The first-order chi connectivity index (χ1) is 10.7. The lowest BCUT2D eigenvalue weighted by Crippen LogP contribution is -2.43. The van der Waals surface area contributed by atoms with Gasteiger partial charge in [0.05, 0.1) is 19.8 Å². The SMILES string of the molecule is COC(=O)/C=C(O)/C=C/[C@@](C)(OCc1ccccc1)C(F)(F)F. The minimum atomic E-state index is -4.70. The molecule has 0 unspecified atom stereocenters. The molecule has 7 heteroatoms. The minimum absolute atomic E-state index is 0.261. The summed E-state index contributed by atoms with van der Waals surface area (Å²) in [6.07, 6.45) is -2.66. The number of hydrogen-bond donors (Lipinski definition) is 1. The maximum atomic E-state index is 13.2. The largest absolute Gasteiger partial charge is 0.508 e. The van der Waals surface area contributed by atoms with Gasteiger partial charge in [0.15, 0.2) is 5.60 Å². The first kappa shape index (κ1) is 18.8. The average Bonchev–Trinajstić information content (AvgIpc) is 2.50. The highest BCUT2D eigenvalue weighted by molar-refractivity contribution is 5.82. The van der Waals surface area contributed by atoms with E-state index in [2.05, 4.69) is 4.74 Å². The van der Waals surface area contributed by atoms with Crippen molar-refractivity contribution in [2.75, 3.05) is 7.11 Å². The molecule has 23 heavy (non-hydrogen) atoms. The third-order valence-electron chi connectivity index (χ3n) is 2.98. The van der Waals surface area contributed by atoms with Crippen molar-refractivity contribution in [3.63, 3.8) is 0 Å². The maximum Gasteiger partial charge on any atom is 0.420 e. The predicted molar refractivity (Wildman–Crippen MR) is 77.6 cm³/mol. The fraction of sp³-hybridized carbons (Fsp3) is 0.312. The highest BCUT2D eigenvalue weighted by Gasteiger charge is 2.50. The lowest BCUT2D eigenvalue weighted by atomic mass is 10.0. The van der Waals surface area contributed by atoms with E-state index in [4.69, 9.17) is 4.74 Å². The van der Waals surface area contributed by atoms with Gasteiger partial charge in [-0.3, -0.25) is 0 Å². The maximum absolute atomic E-state index is 13.2. The van der Waals surface area contributed by atoms with Gasteiger partial charge in [0.25, 0.3) is 0 Å². The zero-order chi connectivity index (χ0) is 17.5.